The third-order valence-corrected chi connectivity index (χ3v) is 4.03. The molecule has 2 N–H and O–H groups in total. The fourth-order valence-corrected chi connectivity index (χ4v) is 2.92. The van der Waals surface area contributed by atoms with Gasteiger partial charge in [0.05, 0.1) is 12.7 Å². The number of carbonyl (C=O) groups is 1. The van der Waals surface area contributed by atoms with Crippen molar-refractivity contribution in [3.8, 4) is 0 Å². The van der Waals surface area contributed by atoms with Crippen LogP contribution in [-0.4, -0.2) is 37.7 Å². The molecule has 4 heteroatoms. The summed E-state index contributed by atoms with van der Waals surface area (Å²) < 4.78 is 5.74. The van der Waals surface area contributed by atoms with Crippen molar-refractivity contribution in [2.45, 2.75) is 57.6 Å². The quantitative estimate of drug-likeness (QED) is 0.781. The van der Waals surface area contributed by atoms with Crippen LogP contribution in [0.5, 0.6) is 0 Å². The standard InChI is InChI=1S/C14H26N2O2/c1-11-2-3-12(10-11)16-14(17)6-9-18-13-4-7-15-8-5-13/h11-13,15H,2-10H2,1H3,(H,16,17). The van der Waals surface area contributed by atoms with Gasteiger partial charge in [-0.05, 0) is 51.1 Å². The van der Waals surface area contributed by atoms with Crippen LogP contribution in [0.1, 0.15) is 45.4 Å². The monoisotopic (exact) mass is 254 g/mol. The highest BCUT2D eigenvalue weighted by atomic mass is 16.5. The van der Waals surface area contributed by atoms with E-state index in [4.69, 9.17) is 4.74 Å². The van der Waals surface area contributed by atoms with Crippen molar-refractivity contribution in [1.82, 2.24) is 10.6 Å². The minimum atomic E-state index is 0.156. The molecular formula is C14H26N2O2. The van der Waals surface area contributed by atoms with Gasteiger partial charge in [0.15, 0.2) is 0 Å². The molecule has 0 aromatic carbocycles. The SMILES string of the molecule is CC1CCC(NC(=O)CCOC2CCNCC2)C1. The fourth-order valence-electron chi connectivity index (χ4n) is 2.92. The predicted molar refractivity (Wildman–Crippen MR) is 71.4 cm³/mol. The number of rotatable bonds is 5. The molecule has 2 fully saturated rings. The number of amides is 1. The largest absolute Gasteiger partial charge is 0.378 e. The van der Waals surface area contributed by atoms with E-state index in [1.165, 1.54) is 6.42 Å². The predicted octanol–water partition coefficient (Wildman–Crippen LogP) is 1.45. The Balaban J connectivity index is 1.54. The summed E-state index contributed by atoms with van der Waals surface area (Å²) in [5.74, 6) is 0.921. The van der Waals surface area contributed by atoms with Crippen LogP contribution in [0.25, 0.3) is 0 Å². The van der Waals surface area contributed by atoms with E-state index in [1.807, 2.05) is 0 Å². The molecule has 1 amide bonds. The normalized spacial score (nSPS) is 29.4. The first-order chi connectivity index (χ1) is 8.74. The summed E-state index contributed by atoms with van der Waals surface area (Å²) >= 11 is 0. The molecular weight excluding hydrogens is 228 g/mol. The maximum absolute atomic E-state index is 11.7. The van der Waals surface area contributed by atoms with Gasteiger partial charge < -0.3 is 15.4 Å². The number of piperidine rings is 1. The van der Waals surface area contributed by atoms with Gasteiger partial charge in [-0.15, -0.1) is 0 Å². The maximum Gasteiger partial charge on any atom is 0.222 e. The zero-order valence-electron chi connectivity index (χ0n) is 11.4. The van der Waals surface area contributed by atoms with Crippen LogP contribution < -0.4 is 10.6 Å². The summed E-state index contributed by atoms with van der Waals surface area (Å²) in [5, 5.41) is 6.42. The molecule has 0 aromatic rings. The second-order valence-corrected chi connectivity index (χ2v) is 5.75. The minimum Gasteiger partial charge on any atom is -0.378 e. The molecule has 1 saturated heterocycles. The van der Waals surface area contributed by atoms with Crippen LogP contribution in [-0.2, 0) is 9.53 Å². The first-order valence-electron chi connectivity index (χ1n) is 7.35. The van der Waals surface area contributed by atoms with Gasteiger partial charge in [-0.25, -0.2) is 0 Å². The van der Waals surface area contributed by atoms with Crippen molar-refractivity contribution in [3.05, 3.63) is 0 Å². The van der Waals surface area contributed by atoms with Gasteiger partial charge >= 0.3 is 0 Å². The van der Waals surface area contributed by atoms with Crippen molar-refractivity contribution in [2.75, 3.05) is 19.7 Å². The molecule has 1 aliphatic heterocycles. The van der Waals surface area contributed by atoms with E-state index in [9.17, 15) is 4.79 Å². The zero-order valence-corrected chi connectivity index (χ0v) is 11.4. The molecule has 0 radical (unpaired) electrons. The van der Waals surface area contributed by atoms with E-state index >= 15 is 0 Å². The summed E-state index contributed by atoms with van der Waals surface area (Å²) in [6, 6.07) is 0.409. The lowest BCUT2D eigenvalue weighted by molar-refractivity contribution is -0.123. The topological polar surface area (TPSA) is 50.4 Å². The minimum absolute atomic E-state index is 0.156. The van der Waals surface area contributed by atoms with Crippen molar-refractivity contribution in [1.29, 1.82) is 0 Å². The van der Waals surface area contributed by atoms with Crippen LogP contribution in [0.3, 0.4) is 0 Å². The molecule has 1 saturated carbocycles. The number of ether oxygens (including phenoxy) is 1. The lowest BCUT2D eigenvalue weighted by atomic mass is 10.1. The Morgan fingerprint density at radius 3 is 2.72 bits per heavy atom. The second kappa shape index (κ2) is 7.10. The third kappa shape index (κ3) is 4.58. The average Bonchev–Trinajstić information content (AvgIpc) is 2.76. The smallest absolute Gasteiger partial charge is 0.222 e. The first-order valence-corrected chi connectivity index (χ1v) is 7.35. The summed E-state index contributed by atoms with van der Waals surface area (Å²) in [6.07, 6.45) is 6.53. The van der Waals surface area contributed by atoms with E-state index in [2.05, 4.69) is 17.6 Å². The Morgan fingerprint density at radius 2 is 2.06 bits per heavy atom. The van der Waals surface area contributed by atoms with Crippen LogP contribution >= 0.6 is 0 Å². The molecule has 2 unspecified atom stereocenters. The summed E-state index contributed by atoms with van der Waals surface area (Å²) in [4.78, 5) is 11.7. The Kier molecular flexibility index (Phi) is 5.45. The van der Waals surface area contributed by atoms with Gasteiger partial charge in [-0.1, -0.05) is 6.92 Å². The van der Waals surface area contributed by atoms with Gasteiger partial charge in [0.25, 0.3) is 0 Å². The molecule has 0 bridgehead atoms. The highest BCUT2D eigenvalue weighted by Crippen LogP contribution is 2.24. The van der Waals surface area contributed by atoms with E-state index in [0.29, 0.717) is 25.2 Å². The number of nitrogens with one attached hydrogen (secondary N) is 2. The van der Waals surface area contributed by atoms with Gasteiger partial charge in [0.1, 0.15) is 0 Å². The van der Waals surface area contributed by atoms with Crippen LogP contribution in [0.15, 0.2) is 0 Å². The van der Waals surface area contributed by atoms with Gasteiger partial charge in [-0.2, -0.15) is 0 Å². The van der Waals surface area contributed by atoms with Crippen molar-refractivity contribution < 1.29 is 9.53 Å². The summed E-state index contributed by atoms with van der Waals surface area (Å²) in [7, 11) is 0. The van der Waals surface area contributed by atoms with Crippen LogP contribution in [0.4, 0.5) is 0 Å². The zero-order chi connectivity index (χ0) is 12.8. The van der Waals surface area contributed by atoms with Gasteiger partial charge in [-0.3, -0.25) is 4.79 Å². The molecule has 0 aromatic heterocycles. The Hall–Kier alpha value is -0.610. The van der Waals surface area contributed by atoms with E-state index in [1.54, 1.807) is 0 Å². The van der Waals surface area contributed by atoms with Crippen molar-refractivity contribution in [2.24, 2.45) is 5.92 Å². The average molecular weight is 254 g/mol. The molecule has 18 heavy (non-hydrogen) atoms. The fraction of sp³-hybridized carbons (Fsp3) is 0.929. The number of hydrogen-bond acceptors (Lipinski definition) is 3. The molecule has 1 aliphatic carbocycles. The summed E-state index contributed by atoms with van der Waals surface area (Å²) in [5.41, 5.74) is 0. The highest BCUT2D eigenvalue weighted by molar-refractivity contribution is 5.76. The van der Waals surface area contributed by atoms with Gasteiger partial charge in [0.2, 0.25) is 5.91 Å². The molecule has 2 aliphatic rings. The second-order valence-electron chi connectivity index (χ2n) is 5.75. The van der Waals surface area contributed by atoms with Crippen molar-refractivity contribution >= 4 is 5.91 Å². The Bertz CT molecular complexity index is 265. The number of hydrogen-bond donors (Lipinski definition) is 2. The molecule has 104 valence electrons. The van der Waals surface area contributed by atoms with E-state index < -0.39 is 0 Å². The third-order valence-electron chi connectivity index (χ3n) is 4.03. The molecule has 0 spiro atoms. The highest BCUT2D eigenvalue weighted by Gasteiger charge is 2.22. The summed E-state index contributed by atoms with van der Waals surface area (Å²) in [6.45, 7) is 4.90. The molecule has 1 heterocycles. The lowest BCUT2D eigenvalue weighted by Crippen LogP contribution is -2.35. The number of carbonyl (C=O) groups excluding carboxylic acids is 1. The van der Waals surface area contributed by atoms with Crippen LogP contribution in [0.2, 0.25) is 0 Å². The Morgan fingerprint density at radius 1 is 1.28 bits per heavy atom. The molecule has 2 rings (SSSR count). The van der Waals surface area contributed by atoms with E-state index in [0.717, 1.165) is 44.7 Å². The van der Waals surface area contributed by atoms with Crippen LogP contribution in [0, 0.1) is 5.92 Å². The maximum atomic E-state index is 11.7. The first kappa shape index (κ1) is 13.8. The Labute approximate surface area is 110 Å². The lowest BCUT2D eigenvalue weighted by Gasteiger charge is -2.23. The van der Waals surface area contributed by atoms with Gasteiger partial charge in [0, 0.05) is 12.5 Å². The van der Waals surface area contributed by atoms with E-state index in [-0.39, 0.29) is 5.91 Å². The molecule has 2 atom stereocenters. The van der Waals surface area contributed by atoms with Crippen molar-refractivity contribution in [3.63, 3.8) is 0 Å². The molecule has 4 nitrogen and oxygen atoms in total.